The first-order chi connectivity index (χ1) is 10.3. The van der Waals surface area contributed by atoms with Gasteiger partial charge in [0.2, 0.25) is 11.7 Å². The number of nitrogens with one attached hydrogen (secondary N) is 1. The van der Waals surface area contributed by atoms with Crippen LogP contribution >= 0.6 is 11.3 Å². The van der Waals surface area contributed by atoms with Crippen LogP contribution in [-0.2, 0) is 6.42 Å². The molecule has 0 fully saturated rings. The molecular weight excluding hydrogens is 286 g/mol. The maximum atomic E-state index is 5.45. The Kier molecular flexibility index (Phi) is 3.01. The standard InChI is InChI=1S/C14H13N5OS/c1-8-15-5-2-10(17-8)13-18-14(20-19-13)12-9-4-7-21-11(9)3-6-16-12/h2,4-5,7,12,16H,3,6H2,1H3. The van der Waals surface area contributed by atoms with Gasteiger partial charge in [0.15, 0.2) is 0 Å². The lowest BCUT2D eigenvalue weighted by Gasteiger charge is -2.20. The highest BCUT2D eigenvalue weighted by Gasteiger charge is 2.27. The Morgan fingerprint density at radius 1 is 1.33 bits per heavy atom. The second-order valence-electron chi connectivity index (χ2n) is 4.88. The maximum Gasteiger partial charge on any atom is 0.248 e. The fraction of sp³-hybridized carbons (Fsp3) is 0.286. The van der Waals surface area contributed by atoms with Crippen molar-refractivity contribution in [2.45, 2.75) is 19.4 Å². The molecule has 0 radical (unpaired) electrons. The van der Waals surface area contributed by atoms with Crippen molar-refractivity contribution >= 4 is 11.3 Å². The molecule has 0 amide bonds. The lowest BCUT2D eigenvalue weighted by atomic mass is 10.0. The second-order valence-corrected chi connectivity index (χ2v) is 5.88. The van der Waals surface area contributed by atoms with E-state index in [4.69, 9.17) is 4.52 Å². The summed E-state index contributed by atoms with van der Waals surface area (Å²) >= 11 is 1.78. The van der Waals surface area contributed by atoms with Gasteiger partial charge in [0.05, 0.1) is 0 Å². The third-order valence-electron chi connectivity index (χ3n) is 3.49. The SMILES string of the molecule is Cc1nccc(-c2noc(C3NCCc4sccc43)n2)n1. The number of aromatic nitrogens is 4. The second kappa shape index (κ2) is 5.01. The van der Waals surface area contributed by atoms with Crippen molar-refractivity contribution in [3.63, 3.8) is 0 Å². The van der Waals surface area contributed by atoms with Gasteiger partial charge in [0, 0.05) is 17.6 Å². The van der Waals surface area contributed by atoms with Crippen molar-refractivity contribution < 1.29 is 4.52 Å². The number of aryl methyl sites for hydroxylation is 1. The van der Waals surface area contributed by atoms with Crippen molar-refractivity contribution in [2.24, 2.45) is 0 Å². The van der Waals surface area contributed by atoms with E-state index >= 15 is 0 Å². The first-order valence-corrected chi connectivity index (χ1v) is 7.62. The highest BCUT2D eigenvalue weighted by atomic mass is 32.1. The van der Waals surface area contributed by atoms with E-state index in [-0.39, 0.29) is 6.04 Å². The van der Waals surface area contributed by atoms with Crippen LogP contribution in [0.1, 0.15) is 28.2 Å². The molecule has 0 bridgehead atoms. The Hall–Kier alpha value is -2.12. The van der Waals surface area contributed by atoms with Crippen LogP contribution in [0, 0.1) is 6.92 Å². The molecule has 1 atom stereocenters. The zero-order chi connectivity index (χ0) is 14.2. The predicted molar refractivity (Wildman–Crippen MR) is 77.9 cm³/mol. The summed E-state index contributed by atoms with van der Waals surface area (Å²) in [5, 5.41) is 9.59. The third-order valence-corrected chi connectivity index (χ3v) is 4.48. The molecule has 1 N–H and O–H groups in total. The van der Waals surface area contributed by atoms with E-state index < -0.39 is 0 Å². The fourth-order valence-electron chi connectivity index (χ4n) is 2.51. The van der Waals surface area contributed by atoms with E-state index in [0.717, 1.165) is 13.0 Å². The van der Waals surface area contributed by atoms with Crippen LogP contribution in [0.5, 0.6) is 0 Å². The van der Waals surface area contributed by atoms with Gasteiger partial charge in [-0.3, -0.25) is 0 Å². The summed E-state index contributed by atoms with van der Waals surface area (Å²) < 4.78 is 5.45. The Labute approximate surface area is 125 Å². The number of hydrogen-bond acceptors (Lipinski definition) is 7. The molecule has 106 valence electrons. The normalized spacial score (nSPS) is 17.7. The summed E-state index contributed by atoms with van der Waals surface area (Å²) in [6.45, 7) is 2.76. The summed E-state index contributed by atoms with van der Waals surface area (Å²) in [4.78, 5) is 14.3. The highest BCUT2D eigenvalue weighted by Crippen LogP contribution is 2.31. The van der Waals surface area contributed by atoms with Crippen LogP contribution in [0.3, 0.4) is 0 Å². The van der Waals surface area contributed by atoms with Gasteiger partial charge in [-0.15, -0.1) is 11.3 Å². The van der Waals surface area contributed by atoms with Crippen LogP contribution in [0.4, 0.5) is 0 Å². The van der Waals surface area contributed by atoms with Gasteiger partial charge in [-0.05, 0) is 36.4 Å². The minimum absolute atomic E-state index is 0.0239. The number of hydrogen-bond donors (Lipinski definition) is 1. The lowest BCUT2D eigenvalue weighted by molar-refractivity contribution is 0.344. The van der Waals surface area contributed by atoms with Crippen LogP contribution < -0.4 is 5.32 Å². The molecule has 0 saturated carbocycles. The van der Waals surface area contributed by atoms with Gasteiger partial charge in [0.25, 0.3) is 0 Å². The smallest absolute Gasteiger partial charge is 0.248 e. The van der Waals surface area contributed by atoms with Crippen LogP contribution in [0.25, 0.3) is 11.5 Å². The molecule has 4 heterocycles. The summed E-state index contributed by atoms with van der Waals surface area (Å²) in [5.41, 5.74) is 1.92. The molecule has 1 aliphatic heterocycles. The van der Waals surface area contributed by atoms with Crippen LogP contribution in [-0.4, -0.2) is 26.7 Å². The van der Waals surface area contributed by atoms with Crippen molar-refractivity contribution in [3.05, 3.63) is 45.9 Å². The Morgan fingerprint density at radius 3 is 3.19 bits per heavy atom. The minimum atomic E-state index is -0.0239. The topological polar surface area (TPSA) is 76.7 Å². The minimum Gasteiger partial charge on any atom is -0.337 e. The van der Waals surface area contributed by atoms with Gasteiger partial charge in [0.1, 0.15) is 17.6 Å². The number of fused-ring (bicyclic) bond motifs is 1. The zero-order valence-corrected chi connectivity index (χ0v) is 12.2. The molecular formula is C14H13N5OS. The van der Waals surface area contributed by atoms with Gasteiger partial charge < -0.3 is 9.84 Å². The molecule has 7 heteroatoms. The van der Waals surface area contributed by atoms with Crippen LogP contribution in [0.2, 0.25) is 0 Å². The molecule has 0 aliphatic carbocycles. The number of rotatable bonds is 2. The quantitative estimate of drug-likeness (QED) is 0.781. The third kappa shape index (κ3) is 2.24. The largest absolute Gasteiger partial charge is 0.337 e. The first-order valence-electron chi connectivity index (χ1n) is 6.74. The fourth-order valence-corrected chi connectivity index (χ4v) is 3.43. The summed E-state index contributed by atoms with van der Waals surface area (Å²) in [5.74, 6) is 1.77. The van der Waals surface area contributed by atoms with Crippen LogP contribution in [0.15, 0.2) is 28.2 Å². The number of thiophene rings is 1. The van der Waals surface area contributed by atoms with Gasteiger partial charge in [-0.1, -0.05) is 5.16 Å². The van der Waals surface area contributed by atoms with E-state index in [1.54, 1.807) is 23.6 Å². The van der Waals surface area contributed by atoms with Gasteiger partial charge in [-0.25, -0.2) is 9.97 Å². The van der Waals surface area contributed by atoms with Gasteiger partial charge in [-0.2, -0.15) is 4.98 Å². The molecule has 0 saturated heterocycles. The van der Waals surface area contributed by atoms with E-state index in [2.05, 4.69) is 36.9 Å². The zero-order valence-electron chi connectivity index (χ0n) is 11.4. The molecule has 21 heavy (non-hydrogen) atoms. The lowest BCUT2D eigenvalue weighted by Crippen LogP contribution is -2.29. The highest BCUT2D eigenvalue weighted by molar-refractivity contribution is 7.10. The maximum absolute atomic E-state index is 5.45. The van der Waals surface area contributed by atoms with E-state index in [9.17, 15) is 0 Å². The summed E-state index contributed by atoms with van der Waals surface area (Å²) in [6, 6.07) is 3.88. The van der Waals surface area contributed by atoms with Crippen molar-refractivity contribution in [3.8, 4) is 11.5 Å². The molecule has 0 aromatic carbocycles. The number of nitrogens with zero attached hydrogens (tertiary/aromatic N) is 4. The predicted octanol–water partition coefficient (Wildman–Crippen LogP) is 2.13. The molecule has 1 unspecified atom stereocenters. The van der Waals surface area contributed by atoms with E-state index in [1.807, 2.05) is 6.92 Å². The Morgan fingerprint density at radius 2 is 2.29 bits per heavy atom. The summed E-state index contributed by atoms with van der Waals surface area (Å²) in [7, 11) is 0. The summed E-state index contributed by atoms with van der Waals surface area (Å²) in [6.07, 6.45) is 2.75. The average Bonchev–Trinajstić information content (AvgIpc) is 3.16. The van der Waals surface area contributed by atoms with Crippen molar-refractivity contribution in [2.75, 3.05) is 6.54 Å². The molecule has 1 aliphatic rings. The van der Waals surface area contributed by atoms with Gasteiger partial charge >= 0.3 is 0 Å². The molecule has 4 rings (SSSR count). The monoisotopic (exact) mass is 299 g/mol. The molecule has 0 spiro atoms. The van der Waals surface area contributed by atoms with Crippen molar-refractivity contribution in [1.29, 1.82) is 0 Å². The van der Waals surface area contributed by atoms with Crippen molar-refractivity contribution in [1.82, 2.24) is 25.4 Å². The van der Waals surface area contributed by atoms with E-state index in [0.29, 0.717) is 23.2 Å². The Bertz CT molecular complexity index is 781. The average molecular weight is 299 g/mol. The Balaban J connectivity index is 1.70. The van der Waals surface area contributed by atoms with E-state index in [1.165, 1.54) is 10.4 Å². The molecule has 3 aromatic rings. The first kappa shape index (κ1) is 12.6. The molecule has 6 nitrogen and oxygen atoms in total. The molecule has 3 aromatic heterocycles.